The van der Waals surface area contributed by atoms with Crippen LogP contribution in [0.15, 0.2) is 29.5 Å². The van der Waals surface area contributed by atoms with Gasteiger partial charge in [0.25, 0.3) is 0 Å². The number of H-pyrrole nitrogens is 1. The summed E-state index contributed by atoms with van der Waals surface area (Å²) in [7, 11) is 1.90. The second-order valence-corrected chi connectivity index (χ2v) is 3.93. The summed E-state index contributed by atoms with van der Waals surface area (Å²) in [5.41, 5.74) is 8.91. The summed E-state index contributed by atoms with van der Waals surface area (Å²) in [4.78, 5) is 3.23. The number of aryl methyl sites for hydroxylation is 1. The second-order valence-electron chi connectivity index (χ2n) is 3.93. The van der Waals surface area contributed by atoms with E-state index in [0.29, 0.717) is 0 Å². The smallest absolute Gasteiger partial charge is 0.106 e. The topological polar surface area (TPSA) is 57.4 Å². The number of aromatic amines is 1. The maximum atomic E-state index is 5.24. The van der Waals surface area contributed by atoms with Crippen molar-refractivity contribution in [3.63, 3.8) is 0 Å². The minimum Gasteiger partial charge on any atom is -0.388 e. The Balaban J connectivity index is 2.28. The monoisotopic (exact) mass is 216 g/mol. The van der Waals surface area contributed by atoms with Gasteiger partial charge in [0.2, 0.25) is 0 Å². The zero-order valence-corrected chi connectivity index (χ0v) is 9.57. The first-order valence-corrected chi connectivity index (χ1v) is 5.22. The summed E-state index contributed by atoms with van der Waals surface area (Å²) in [6.45, 7) is 2.86. The van der Waals surface area contributed by atoms with E-state index in [9.17, 15) is 0 Å². The highest BCUT2D eigenvalue weighted by atomic mass is 15.4. The Hall–Kier alpha value is -1.97. The molecule has 0 amide bonds. The molecule has 0 aliphatic heterocycles. The van der Waals surface area contributed by atoms with Crippen molar-refractivity contribution in [3.8, 4) is 0 Å². The van der Waals surface area contributed by atoms with Crippen LogP contribution in [0.1, 0.15) is 11.1 Å². The van der Waals surface area contributed by atoms with Gasteiger partial charge in [0, 0.05) is 24.1 Å². The molecule has 16 heavy (non-hydrogen) atoms. The van der Waals surface area contributed by atoms with E-state index in [4.69, 9.17) is 5.73 Å². The molecule has 1 aromatic heterocycles. The van der Waals surface area contributed by atoms with Crippen LogP contribution < -0.4 is 5.73 Å². The standard InChI is InChI=1S/C12H16N4/c1-9-6-14-12-4-3-10(5-11(9)12)7-16(2)15-8-13/h3-6,8,14H,7H2,1-2H3,(H2,13,15). The van der Waals surface area contributed by atoms with Crippen LogP contribution in [-0.4, -0.2) is 23.4 Å². The van der Waals surface area contributed by atoms with Gasteiger partial charge in [0.05, 0.1) is 6.54 Å². The molecule has 1 aromatic carbocycles. The fraction of sp³-hybridized carbons (Fsp3) is 0.250. The molecule has 1 heterocycles. The first-order valence-electron chi connectivity index (χ1n) is 5.22. The maximum Gasteiger partial charge on any atom is 0.106 e. The Morgan fingerprint density at radius 1 is 1.50 bits per heavy atom. The number of rotatable bonds is 3. The van der Waals surface area contributed by atoms with Gasteiger partial charge in [0.1, 0.15) is 6.34 Å². The molecule has 0 aliphatic carbocycles. The summed E-state index contributed by atoms with van der Waals surface area (Å²) in [5, 5.41) is 7.06. The molecule has 0 atom stereocenters. The van der Waals surface area contributed by atoms with Gasteiger partial charge in [-0.15, -0.1) is 0 Å². The minimum absolute atomic E-state index is 0.758. The minimum atomic E-state index is 0.758. The van der Waals surface area contributed by atoms with Crippen molar-refractivity contribution in [2.24, 2.45) is 10.8 Å². The largest absolute Gasteiger partial charge is 0.388 e. The first-order chi connectivity index (χ1) is 7.70. The van der Waals surface area contributed by atoms with Crippen LogP contribution in [0.5, 0.6) is 0 Å². The lowest BCUT2D eigenvalue weighted by molar-refractivity contribution is 0.348. The van der Waals surface area contributed by atoms with E-state index in [1.807, 2.05) is 18.3 Å². The Kier molecular flexibility index (Phi) is 2.81. The fourth-order valence-electron chi connectivity index (χ4n) is 1.82. The Morgan fingerprint density at radius 3 is 3.06 bits per heavy atom. The number of aromatic nitrogens is 1. The van der Waals surface area contributed by atoms with E-state index in [2.05, 4.69) is 35.2 Å². The number of hydrogen-bond donors (Lipinski definition) is 2. The molecule has 4 heteroatoms. The fourth-order valence-corrected chi connectivity index (χ4v) is 1.82. The normalized spacial score (nSPS) is 11.4. The molecule has 0 unspecified atom stereocenters. The molecule has 2 rings (SSSR count). The van der Waals surface area contributed by atoms with Gasteiger partial charge in [-0.3, -0.25) is 5.01 Å². The van der Waals surface area contributed by atoms with Crippen molar-refractivity contribution in [2.45, 2.75) is 13.5 Å². The Morgan fingerprint density at radius 2 is 2.31 bits per heavy atom. The van der Waals surface area contributed by atoms with Crippen LogP contribution in [0.3, 0.4) is 0 Å². The van der Waals surface area contributed by atoms with Crippen LogP contribution in [0.4, 0.5) is 0 Å². The molecular weight excluding hydrogens is 200 g/mol. The number of fused-ring (bicyclic) bond motifs is 1. The van der Waals surface area contributed by atoms with Crippen LogP contribution in [-0.2, 0) is 6.54 Å². The van der Waals surface area contributed by atoms with E-state index < -0.39 is 0 Å². The highest BCUT2D eigenvalue weighted by Crippen LogP contribution is 2.19. The van der Waals surface area contributed by atoms with E-state index in [1.54, 1.807) is 0 Å². The van der Waals surface area contributed by atoms with Crippen molar-refractivity contribution in [2.75, 3.05) is 7.05 Å². The predicted octanol–water partition coefficient (Wildman–Crippen LogP) is 1.81. The lowest BCUT2D eigenvalue weighted by atomic mass is 10.1. The molecule has 0 bridgehead atoms. The third-order valence-corrected chi connectivity index (χ3v) is 2.63. The molecule has 0 radical (unpaired) electrons. The van der Waals surface area contributed by atoms with Gasteiger partial charge < -0.3 is 10.7 Å². The predicted molar refractivity (Wildman–Crippen MR) is 67.2 cm³/mol. The number of benzene rings is 1. The van der Waals surface area contributed by atoms with Crippen molar-refractivity contribution < 1.29 is 0 Å². The Labute approximate surface area is 94.7 Å². The van der Waals surface area contributed by atoms with E-state index >= 15 is 0 Å². The SMILES string of the molecule is Cc1c[nH]c2ccc(CN(C)/N=C\N)cc12. The number of nitrogens with one attached hydrogen (secondary N) is 1. The van der Waals surface area contributed by atoms with E-state index in [-0.39, 0.29) is 0 Å². The van der Waals surface area contributed by atoms with Crippen LogP contribution in [0, 0.1) is 6.92 Å². The first kappa shape index (κ1) is 10.5. The van der Waals surface area contributed by atoms with E-state index in [1.165, 1.54) is 28.4 Å². The molecule has 0 saturated carbocycles. The van der Waals surface area contributed by atoms with Crippen molar-refractivity contribution >= 4 is 17.2 Å². The molecule has 0 saturated heterocycles. The van der Waals surface area contributed by atoms with Gasteiger partial charge in [-0.05, 0) is 30.2 Å². The summed E-state index contributed by atoms with van der Waals surface area (Å²) < 4.78 is 0. The van der Waals surface area contributed by atoms with Crippen molar-refractivity contribution in [1.82, 2.24) is 9.99 Å². The number of hydrogen-bond acceptors (Lipinski definition) is 2. The van der Waals surface area contributed by atoms with Gasteiger partial charge in [-0.2, -0.15) is 5.10 Å². The number of nitrogens with two attached hydrogens (primary N) is 1. The zero-order valence-electron chi connectivity index (χ0n) is 9.57. The lowest BCUT2D eigenvalue weighted by Crippen LogP contribution is -2.12. The molecule has 84 valence electrons. The van der Waals surface area contributed by atoms with Crippen molar-refractivity contribution in [3.05, 3.63) is 35.5 Å². The molecule has 0 spiro atoms. The molecular formula is C12H16N4. The third-order valence-electron chi connectivity index (χ3n) is 2.63. The zero-order chi connectivity index (χ0) is 11.5. The highest BCUT2D eigenvalue weighted by Gasteiger charge is 2.02. The van der Waals surface area contributed by atoms with Crippen molar-refractivity contribution in [1.29, 1.82) is 0 Å². The van der Waals surface area contributed by atoms with Gasteiger partial charge in [-0.25, -0.2) is 0 Å². The van der Waals surface area contributed by atoms with E-state index in [0.717, 1.165) is 6.54 Å². The van der Waals surface area contributed by atoms with Crippen LogP contribution in [0.2, 0.25) is 0 Å². The maximum absolute atomic E-state index is 5.24. The van der Waals surface area contributed by atoms with Gasteiger partial charge in [0.15, 0.2) is 0 Å². The molecule has 0 fully saturated rings. The molecule has 2 aromatic rings. The Bertz CT molecular complexity index is 513. The summed E-state index contributed by atoms with van der Waals surface area (Å²) in [5.74, 6) is 0. The number of nitrogens with zero attached hydrogens (tertiary/aromatic N) is 2. The third kappa shape index (κ3) is 2.00. The summed E-state index contributed by atoms with van der Waals surface area (Å²) in [6.07, 6.45) is 3.33. The molecule has 0 aliphatic rings. The summed E-state index contributed by atoms with van der Waals surface area (Å²) in [6, 6.07) is 6.38. The second kappa shape index (κ2) is 4.26. The summed E-state index contributed by atoms with van der Waals surface area (Å²) >= 11 is 0. The average molecular weight is 216 g/mol. The number of hydrazone groups is 1. The van der Waals surface area contributed by atoms with Crippen LogP contribution in [0.25, 0.3) is 10.9 Å². The molecule has 3 N–H and O–H groups in total. The molecule has 4 nitrogen and oxygen atoms in total. The lowest BCUT2D eigenvalue weighted by Gasteiger charge is -2.12. The average Bonchev–Trinajstić information content (AvgIpc) is 2.61. The van der Waals surface area contributed by atoms with Crippen LogP contribution >= 0.6 is 0 Å². The quantitative estimate of drug-likeness (QED) is 0.467. The highest BCUT2D eigenvalue weighted by molar-refractivity contribution is 5.83. The van der Waals surface area contributed by atoms with Gasteiger partial charge >= 0.3 is 0 Å². The van der Waals surface area contributed by atoms with Gasteiger partial charge in [-0.1, -0.05) is 6.07 Å².